The molecule has 1 aliphatic carbocycles. The van der Waals surface area contributed by atoms with E-state index in [0.717, 1.165) is 18.4 Å². The first-order chi connectivity index (χ1) is 29.5. The predicted octanol–water partition coefficient (Wildman–Crippen LogP) is 5.60. The van der Waals surface area contributed by atoms with Gasteiger partial charge in [0.05, 0.1) is 49.3 Å². The lowest BCUT2D eigenvalue weighted by Gasteiger charge is -2.51. The molecule has 0 radical (unpaired) electrons. The van der Waals surface area contributed by atoms with Gasteiger partial charge in [0.2, 0.25) is 0 Å². The topological polar surface area (TPSA) is 170 Å². The van der Waals surface area contributed by atoms with Crippen molar-refractivity contribution in [2.24, 2.45) is 23.7 Å². The van der Waals surface area contributed by atoms with Crippen molar-refractivity contribution in [3.8, 4) is 0 Å². The molecule has 2 bridgehead atoms. The molecule has 0 aromatic rings. The van der Waals surface area contributed by atoms with Crippen LogP contribution >= 0.6 is 0 Å². The Hall–Kier alpha value is -2.05. The van der Waals surface area contributed by atoms with E-state index in [0.29, 0.717) is 61.5 Å². The van der Waals surface area contributed by atoms with Crippen molar-refractivity contribution >= 4 is 5.97 Å². The number of fused-ring (bicyclic) bond motifs is 2. The van der Waals surface area contributed by atoms with E-state index >= 15 is 0 Å². The Bertz CT molecular complexity index is 1680. The first-order valence-electron chi connectivity index (χ1n) is 23.2. The molecule has 62 heavy (non-hydrogen) atoms. The van der Waals surface area contributed by atoms with Crippen molar-refractivity contribution in [2.45, 2.75) is 204 Å². The van der Waals surface area contributed by atoms with Gasteiger partial charge >= 0.3 is 5.97 Å². The van der Waals surface area contributed by atoms with Crippen molar-refractivity contribution in [1.82, 2.24) is 0 Å². The summed E-state index contributed by atoms with van der Waals surface area (Å²) >= 11 is 0. The molecule has 14 heteroatoms. The van der Waals surface area contributed by atoms with E-state index in [1.807, 2.05) is 19.1 Å². The molecule has 7 rings (SSSR count). The minimum Gasteiger partial charge on any atom is -0.462 e. The molecule has 5 saturated heterocycles. The van der Waals surface area contributed by atoms with E-state index in [1.54, 1.807) is 40.2 Å². The molecule has 0 aromatic carbocycles. The molecule has 0 amide bonds. The molecule has 0 unspecified atom stereocenters. The molecule has 7 aliphatic rings. The summed E-state index contributed by atoms with van der Waals surface area (Å²) in [5.74, 6) is -2.10. The highest BCUT2D eigenvalue weighted by Crippen LogP contribution is 2.48. The second-order valence-electron chi connectivity index (χ2n) is 19.4. The van der Waals surface area contributed by atoms with Crippen LogP contribution in [0.2, 0.25) is 0 Å². The fraction of sp³-hybridized carbons (Fsp3) is 0.812. The summed E-state index contributed by atoms with van der Waals surface area (Å²) in [5, 5.41) is 34.2. The molecule has 350 valence electrons. The average Bonchev–Trinajstić information content (AvgIpc) is 3.58. The fourth-order valence-corrected chi connectivity index (χ4v) is 11.0. The number of allylic oxidation sites excluding steroid dienone is 2. The van der Waals surface area contributed by atoms with Gasteiger partial charge < -0.3 is 62.7 Å². The minimum atomic E-state index is -1.82. The monoisotopic (exact) mass is 875 g/mol. The fourth-order valence-electron chi connectivity index (χ4n) is 11.0. The number of carbonyl (C=O) groups is 1. The number of hydrogen-bond acceptors (Lipinski definition) is 14. The molecule has 5 fully saturated rings. The number of aliphatic hydroxyl groups excluding tert-OH is 2. The lowest BCUT2D eigenvalue weighted by atomic mass is 9.71. The maximum atomic E-state index is 14.4. The summed E-state index contributed by atoms with van der Waals surface area (Å²) in [6.07, 6.45) is 6.53. The number of esters is 1. The minimum absolute atomic E-state index is 0.00708. The molecule has 14 nitrogen and oxygen atoms in total. The van der Waals surface area contributed by atoms with Crippen LogP contribution in [0.1, 0.15) is 107 Å². The van der Waals surface area contributed by atoms with E-state index in [-0.39, 0.29) is 30.8 Å². The Morgan fingerprint density at radius 3 is 2.35 bits per heavy atom. The van der Waals surface area contributed by atoms with Gasteiger partial charge in [-0.2, -0.15) is 0 Å². The standard InChI is InChI=1S/C48H74O14/c1-11-25(2)43-28(5)17-18-47(62-43)23-34-20-33(61-47)16-15-27(4)42(26(3)13-12-14-32-24-55-45-40(49)29(6)19-35(46(51)58-34)48(32,45)52)59-39-22-37(54-10)44(31(8)57-39)60-38-21-36(53-9)41(50)30(7)56-38/h12-15,19,25-26,28,30-31,33-45,49-50,52H,11,16-18,20-24H2,1-10H3/b13-12+,27-15+,32-14+/t25-,26-,28-,30-,31-,33+,34-,35-,36-,37-,38-,39-,40+,41-,42-,43+,44+,45+,47+,48+/m1/s1. The summed E-state index contributed by atoms with van der Waals surface area (Å²) in [6, 6.07) is 0. The van der Waals surface area contributed by atoms with Crippen LogP contribution < -0.4 is 0 Å². The maximum absolute atomic E-state index is 14.4. The normalized spacial score (nSPS) is 49.4. The van der Waals surface area contributed by atoms with Crippen LogP contribution in [0.5, 0.6) is 0 Å². The van der Waals surface area contributed by atoms with Crippen LogP contribution in [0.4, 0.5) is 0 Å². The van der Waals surface area contributed by atoms with E-state index in [4.69, 9.17) is 47.4 Å². The molecule has 6 aliphatic heterocycles. The van der Waals surface area contributed by atoms with Crippen LogP contribution in [0.3, 0.4) is 0 Å². The average molecular weight is 875 g/mol. The van der Waals surface area contributed by atoms with Gasteiger partial charge in [-0.3, -0.25) is 4.79 Å². The summed E-state index contributed by atoms with van der Waals surface area (Å²) in [7, 11) is 3.23. The van der Waals surface area contributed by atoms with E-state index in [2.05, 4.69) is 40.7 Å². The van der Waals surface area contributed by atoms with Gasteiger partial charge in [-0.05, 0) is 69.1 Å². The van der Waals surface area contributed by atoms with E-state index < -0.39 is 90.8 Å². The van der Waals surface area contributed by atoms with Crippen molar-refractivity contribution in [1.29, 1.82) is 0 Å². The van der Waals surface area contributed by atoms with Gasteiger partial charge in [0.15, 0.2) is 18.4 Å². The highest BCUT2D eigenvalue weighted by atomic mass is 16.7. The Morgan fingerprint density at radius 2 is 1.63 bits per heavy atom. The van der Waals surface area contributed by atoms with Crippen LogP contribution in [0.15, 0.2) is 47.1 Å². The second kappa shape index (κ2) is 19.8. The predicted molar refractivity (Wildman–Crippen MR) is 227 cm³/mol. The first kappa shape index (κ1) is 47.9. The zero-order chi connectivity index (χ0) is 44.7. The summed E-state index contributed by atoms with van der Waals surface area (Å²) in [6.45, 7) is 16.3. The number of ether oxygens (including phenoxy) is 10. The van der Waals surface area contributed by atoms with Gasteiger partial charge in [0.25, 0.3) is 0 Å². The highest BCUT2D eigenvalue weighted by Gasteiger charge is 2.60. The van der Waals surface area contributed by atoms with E-state index in [1.165, 1.54) is 0 Å². The van der Waals surface area contributed by atoms with Crippen molar-refractivity contribution in [3.63, 3.8) is 0 Å². The first-order valence-corrected chi connectivity index (χ1v) is 23.2. The highest BCUT2D eigenvalue weighted by molar-refractivity contribution is 5.78. The molecule has 0 saturated carbocycles. The van der Waals surface area contributed by atoms with Crippen LogP contribution in [-0.2, 0) is 52.2 Å². The molecule has 1 spiro atoms. The molecule has 6 heterocycles. The smallest absolute Gasteiger partial charge is 0.316 e. The number of hydrogen-bond donors (Lipinski definition) is 3. The van der Waals surface area contributed by atoms with Gasteiger partial charge in [-0.1, -0.05) is 64.5 Å². The maximum Gasteiger partial charge on any atom is 0.316 e. The lowest BCUT2D eigenvalue weighted by Crippen LogP contribution is -2.58. The third-order valence-electron chi connectivity index (χ3n) is 14.9. The Kier molecular flexibility index (Phi) is 15.3. The van der Waals surface area contributed by atoms with Gasteiger partial charge in [0, 0.05) is 52.2 Å². The van der Waals surface area contributed by atoms with Crippen LogP contribution in [0.25, 0.3) is 0 Å². The van der Waals surface area contributed by atoms with Gasteiger partial charge in [0.1, 0.15) is 42.0 Å². The number of carbonyl (C=O) groups excluding carboxylic acids is 1. The lowest BCUT2D eigenvalue weighted by molar-refractivity contribution is -0.340. The van der Waals surface area contributed by atoms with Crippen molar-refractivity contribution in [3.05, 3.63) is 47.1 Å². The second-order valence-corrected chi connectivity index (χ2v) is 19.4. The number of aliphatic hydroxyl groups is 3. The quantitative estimate of drug-likeness (QED) is 0.204. The molecule has 3 N–H and O–H groups in total. The summed E-state index contributed by atoms with van der Waals surface area (Å²) in [4.78, 5) is 14.4. The Morgan fingerprint density at radius 1 is 0.919 bits per heavy atom. The van der Waals surface area contributed by atoms with Gasteiger partial charge in [-0.25, -0.2) is 0 Å². The van der Waals surface area contributed by atoms with E-state index in [9.17, 15) is 20.1 Å². The summed E-state index contributed by atoms with van der Waals surface area (Å²) < 4.78 is 63.9. The van der Waals surface area contributed by atoms with Crippen molar-refractivity contribution in [2.75, 3.05) is 20.8 Å². The third-order valence-corrected chi connectivity index (χ3v) is 14.9. The molecular weight excluding hydrogens is 801 g/mol. The molecular formula is C48H74O14. The van der Waals surface area contributed by atoms with Crippen molar-refractivity contribution < 1.29 is 67.5 Å². The largest absolute Gasteiger partial charge is 0.462 e. The third kappa shape index (κ3) is 9.73. The zero-order valence-electron chi connectivity index (χ0n) is 38.5. The Balaban J connectivity index is 1.18. The summed E-state index contributed by atoms with van der Waals surface area (Å²) in [5.41, 5.74) is 0.188. The van der Waals surface area contributed by atoms with Crippen LogP contribution in [0, 0.1) is 23.7 Å². The Labute approximate surface area is 368 Å². The van der Waals surface area contributed by atoms with Gasteiger partial charge in [-0.15, -0.1) is 0 Å². The molecule has 20 atom stereocenters. The zero-order valence-corrected chi connectivity index (χ0v) is 38.5. The number of rotatable bonds is 8. The SMILES string of the molecule is CC[C@@H](C)[C@@H]1O[C@@]2(CC[C@H]1C)C[C@H]1C[C@H](C/C=C(\C)[C@H](O[C@@H]3C[C@@H](OC)[C@@H](O[C@@H]4C[C@@H](OC)[C@H](O)[C@@H](C)O4)[C@@H](C)O3)[C@H](C)/C=C/C=C3\CO[C@H]4[C@@H](O)C(C)=C[C@H](C(=O)O1)[C@@]34O)O2. The number of methoxy groups -OCH3 is 2. The molecule has 0 aromatic heterocycles. The van der Waals surface area contributed by atoms with Crippen LogP contribution in [-0.4, -0.2) is 139 Å².